The van der Waals surface area contributed by atoms with E-state index in [4.69, 9.17) is 0 Å². The topological polar surface area (TPSA) is 67.1 Å². The highest BCUT2D eigenvalue weighted by Crippen LogP contribution is 2.21. The van der Waals surface area contributed by atoms with E-state index in [1.54, 1.807) is 24.9 Å². The zero-order valence-corrected chi connectivity index (χ0v) is 19.0. The number of aromatic nitrogens is 3. The lowest BCUT2D eigenvalue weighted by atomic mass is 10.1. The molecule has 3 rings (SSSR count). The van der Waals surface area contributed by atoms with Crippen LogP contribution in [0.5, 0.6) is 0 Å². The van der Waals surface area contributed by atoms with Crippen LogP contribution >= 0.6 is 35.7 Å². The van der Waals surface area contributed by atoms with Crippen molar-refractivity contribution >= 4 is 41.7 Å². The fourth-order valence-electron chi connectivity index (χ4n) is 3.08. The van der Waals surface area contributed by atoms with Gasteiger partial charge in [0.2, 0.25) is 0 Å². The fraction of sp³-hybridized carbons (Fsp3) is 0.500. The van der Waals surface area contributed by atoms with Crippen molar-refractivity contribution in [2.24, 2.45) is 4.99 Å². The van der Waals surface area contributed by atoms with Crippen molar-refractivity contribution in [3.8, 4) is 0 Å². The van der Waals surface area contributed by atoms with Gasteiger partial charge in [0, 0.05) is 37.4 Å². The summed E-state index contributed by atoms with van der Waals surface area (Å²) in [7, 11) is 1.75. The Morgan fingerprint density at radius 2 is 2.26 bits per heavy atom. The van der Waals surface area contributed by atoms with Gasteiger partial charge in [0.1, 0.15) is 11.6 Å². The van der Waals surface area contributed by atoms with Gasteiger partial charge in [-0.15, -0.1) is 35.7 Å². The second-order valence-corrected chi connectivity index (χ2v) is 7.09. The molecule has 27 heavy (non-hydrogen) atoms. The van der Waals surface area contributed by atoms with Gasteiger partial charge in [-0.25, -0.2) is 14.1 Å². The molecule has 0 saturated carbocycles. The number of aliphatic imine (C=N–C) groups is 1. The van der Waals surface area contributed by atoms with Crippen molar-refractivity contribution in [3.63, 3.8) is 0 Å². The molecule has 0 spiro atoms. The summed E-state index contributed by atoms with van der Waals surface area (Å²) in [6, 6.07) is 5.12. The average molecular weight is 504 g/mol. The van der Waals surface area contributed by atoms with Crippen LogP contribution in [0.2, 0.25) is 0 Å². The first-order valence-corrected chi connectivity index (χ1v) is 10.1. The first-order valence-electron chi connectivity index (χ1n) is 8.85. The quantitative estimate of drug-likeness (QED) is 0.284. The largest absolute Gasteiger partial charge is 0.352 e. The van der Waals surface area contributed by atoms with Gasteiger partial charge in [-0.1, -0.05) is 6.92 Å². The van der Waals surface area contributed by atoms with E-state index in [-0.39, 0.29) is 35.8 Å². The van der Waals surface area contributed by atoms with E-state index in [2.05, 4.69) is 32.6 Å². The van der Waals surface area contributed by atoms with Crippen molar-refractivity contribution in [2.75, 3.05) is 13.3 Å². The molecule has 148 valence electrons. The van der Waals surface area contributed by atoms with Crippen LogP contribution in [0.1, 0.15) is 30.6 Å². The number of fused-ring (bicyclic) bond motifs is 1. The summed E-state index contributed by atoms with van der Waals surface area (Å²) in [6.07, 6.45) is 4.74. The Morgan fingerprint density at radius 3 is 2.96 bits per heavy atom. The van der Waals surface area contributed by atoms with Crippen molar-refractivity contribution in [2.45, 2.75) is 50.2 Å². The van der Waals surface area contributed by atoms with Crippen molar-refractivity contribution in [3.05, 3.63) is 41.2 Å². The molecule has 2 heterocycles. The summed E-state index contributed by atoms with van der Waals surface area (Å²) >= 11 is 1.61. The molecular formula is C18H26FIN6S. The molecule has 0 fully saturated rings. The number of halogens is 2. The van der Waals surface area contributed by atoms with Crippen molar-refractivity contribution in [1.82, 2.24) is 25.4 Å². The lowest BCUT2D eigenvalue weighted by Gasteiger charge is -2.25. The molecule has 1 aliphatic rings. The van der Waals surface area contributed by atoms with Crippen LogP contribution in [0.15, 0.2) is 28.1 Å². The number of guanidine groups is 1. The van der Waals surface area contributed by atoms with Gasteiger partial charge in [-0.2, -0.15) is 5.10 Å². The molecule has 6 nitrogen and oxygen atoms in total. The van der Waals surface area contributed by atoms with Gasteiger partial charge in [0.15, 0.2) is 11.8 Å². The van der Waals surface area contributed by atoms with Crippen LogP contribution in [0.3, 0.4) is 0 Å². The Labute approximate surface area is 180 Å². The summed E-state index contributed by atoms with van der Waals surface area (Å²) in [5, 5.41) is 11.3. The second kappa shape index (κ2) is 10.3. The van der Waals surface area contributed by atoms with E-state index < -0.39 is 0 Å². The number of nitrogens with one attached hydrogen (secondary N) is 2. The number of thioether (sulfide) groups is 1. The Hall–Kier alpha value is -1.36. The Morgan fingerprint density at radius 1 is 1.44 bits per heavy atom. The van der Waals surface area contributed by atoms with Gasteiger partial charge < -0.3 is 10.6 Å². The summed E-state index contributed by atoms with van der Waals surface area (Å²) in [6.45, 7) is 3.37. The smallest absolute Gasteiger partial charge is 0.191 e. The number of nitrogens with zero attached hydrogens (tertiary/aromatic N) is 4. The molecule has 1 atom stereocenters. The van der Waals surface area contributed by atoms with Crippen LogP contribution < -0.4 is 10.6 Å². The molecule has 0 amide bonds. The number of hydrogen-bond acceptors (Lipinski definition) is 4. The maximum atomic E-state index is 13.5. The first-order chi connectivity index (χ1) is 12.6. The molecule has 1 unspecified atom stereocenters. The van der Waals surface area contributed by atoms with Crippen LogP contribution in [0.4, 0.5) is 4.39 Å². The van der Waals surface area contributed by atoms with Gasteiger partial charge in [-0.3, -0.25) is 4.99 Å². The Balaban J connectivity index is 0.00000261. The predicted octanol–water partition coefficient (Wildman–Crippen LogP) is 3.00. The van der Waals surface area contributed by atoms with Gasteiger partial charge in [-0.05, 0) is 36.4 Å². The normalized spacial score (nSPS) is 16.4. The molecular weight excluding hydrogens is 478 g/mol. The third-order valence-electron chi connectivity index (χ3n) is 4.47. The van der Waals surface area contributed by atoms with Crippen LogP contribution in [0, 0.1) is 5.82 Å². The molecule has 0 saturated heterocycles. The molecule has 2 aromatic rings. The maximum Gasteiger partial charge on any atom is 0.191 e. The maximum absolute atomic E-state index is 13.5. The molecule has 0 bridgehead atoms. The average Bonchev–Trinajstić information content (AvgIpc) is 3.07. The highest BCUT2D eigenvalue weighted by Gasteiger charge is 2.22. The minimum absolute atomic E-state index is 0. The van der Waals surface area contributed by atoms with Crippen molar-refractivity contribution < 1.29 is 4.39 Å². The van der Waals surface area contributed by atoms with Gasteiger partial charge in [0.25, 0.3) is 0 Å². The Bertz CT molecular complexity index is 794. The number of hydrogen-bond donors (Lipinski definition) is 2. The van der Waals surface area contributed by atoms with E-state index in [0.29, 0.717) is 12.5 Å². The zero-order chi connectivity index (χ0) is 18.5. The molecule has 1 aliphatic heterocycles. The van der Waals surface area contributed by atoms with E-state index in [1.807, 2.05) is 17.0 Å². The molecule has 2 N–H and O–H groups in total. The number of aryl methyl sites for hydroxylation is 2. The highest BCUT2D eigenvalue weighted by atomic mass is 127. The van der Waals surface area contributed by atoms with E-state index >= 15 is 0 Å². The molecule has 0 aliphatic carbocycles. The fourth-order valence-corrected chi connectivity index (χ4v) is 3.68. The monoisotopic (exact) mass is 504 g/mol. The summed E-state index contributed by atoms with van der Waals surface area (Å²) in [5.74, 6) is 2.46. The third-order valence-corrected chi connectivity index (χ3v) is 5.31. The highest BCUT2D eigenvalue weighted by molar-refractivity contribution is 14.0. The third kappa shape index (κ3) is 5.56. The van der Waals surface area contributed by atoms with Crippen LogP contribution in [0.25, 0.3) is 0 Å². The SMILES string of the molecule is CCc1nc2n(n1)CC(NC(=NC)NCc1cc(F)ccc1SC)CC2.I. The van der Waals surface area contributed by atoms with E-state index in [0.717, 1.165) is 47.9 Å². The lowest BCUT2D eigenvalue weighted by Crippen LogP contribution is -2.46. The molecule has 0 radical (unpaired) electrons. The van der Waals surface area contributed by atoms with Crippen LogP contribution in [-0.2, 0) is 25.9 Å². The van der Waals surface area contributed by atoms with E-state index in [1.165, 1.54) is 6.07 Å². The number of benzene rings is 1. The minimum atomic E-state index is -0.222. The van der Waals surface area contributed by atoms with Crippen molar-refractivity contribution in [1.29, 1.82) is 0 Å². The first kappa shape index (κ1) is 21.9. The molecule has 1 aromatic heterocycles. The lowest BCUT2D eigenvalue weighted by molar-refractivity contribution is 0.392. The predicted molar refractivity (Wildman–Crippen MR) is 118 cm³/mol. The summed E-state index contributed by atoms with van der Waals surface area (Å²) < 4.78 is 15.5. The van der Waals surface area contributed by atoms with E-state index in [9.17, 15) is 4.39 Å². The Kier molecular flexibility index (Phi) is 8.33. The minimum Gasteiger partial charge on any atom is -0.352 e. The summed E-state index contributed by atoms with van der Waals surface area (Å²) in [5.41, 5.74) is 0.926. The summed E-state index contributed by atoms with van der Waals surface area (Å²) in [4.78, 5) is 9.91. The number of rotatable bonds is 5. The van der Waals surface area contributed by atoms with Gasteiger partial charge >= 0.3 is 0 Å². The van der Waals surface area contributed by atoms with Crippen LogP contribution in [-0.4, -0.2) is 40.1 Å². The zero-order valence-electron chi connectivity index (χ0n) is 15.8. The standard InChI is InChI=1S/C18H25FN6S.HI/c1-4-16-23-17-8-6-14(11-25(17)24-16)22-18(20-2)21-10-12-9-13(19)5-7-15(12)26-3;/h5,7,9,14H,4,6,8,10-11H2,1-3H3,(H2,20,21,22);1H. The molecule has 9 heteroatoms. The second-order valence-electron chi connectivity index (χ2n) is 6.24. The molecule has 1 aromatic carbocycles. The van der Waals surface area contributed by atoms with Gasteiger partial charge in [0.05, 0.1) is 6.54 Å².